The van der Waals surface area contributed by atoms with Gasteiger partial charge in [0.05, 0.1) is 0 Å². The zero-order valence-corrected chi connectivity index (χ0v) is 3.75. The number of rotatable bonds is 0. The minimum Gasteiger partial charge on any atom is -0.285 e. The van der Waals surface area contributed by atoms with Crippen molar-refractivity contribution in [2.45, 2.75) is 0 Å². The van der Waals surface area contributed by atoms with Crippen molar-refractivity contribution in [3.05, 3.63) is 0 Å². The first-order valence-corrected chi connectivity index (χ1v) is 3.10. The van der Waals surface area contributed by atoms with Crippen LogP contribution in [0.4, 0.5) is 0 Å². The summed E-state index contributed by atoms with van der Waals surface area (Å²) in [6.07, 6.45) is 0. The molecule has 0 saturated carbocycles. The Labute approximate surface area is 34.3 Å². The van der Waals surface area contributed by atoms with E-state index in [1.807, 2.05) is 0 Å². The molecule has 0 bridgehead atoms. The van der Waals surface area contributed by atoms with Gasteiger partial charge in [-0.25, -0.2) is 0 Å². The standard InChI is InChI=1S/H2O3S2/c1-5(2,3)4/h(H2,1,2,3,4)/i5+3. The Kier molecular flexibility index (Phi) is 1.24. The lowest BCUT2D eigenvalue weighted by Crippen LogP contribution is -1.86. The van der Waals surface area contributed by atoms with Crippen LogP contribution in [-0.4, -0.2) is 13.3 Å². The summed E-state index contributed by atoms with van der Waals surface area (Å²) in [4.78, 5) is 0. The molecule has 0 spiro atoms. The second kappa shape index (κ2) is 1.17. The highest BCUT2D eigenvalue weighted by molar-refractivity contribution is 8.26. The molecule has 2 N–H and O–H groups in total. The highest BCUT2D eigenvalue weighted by atomic mass is 35.3. The van der Waals surface area contributed by atoms with Crippen molar-refractivity contribution in [1.82, 2.24) is 0 Å². The van der Waals surface area contributed by atoms with Gasteiger partial charge in [-0.3, -0.25) is 9.11 Å². The normalized spacial score (nSPS) is 11.6. The van der Waals surface area contributed by atoms with E-state index in [1.165, 1.54) is 0 Å². The van der Waals surface area contributed by atoms with Crippen molar-refractivity contribution in [1.29, 1.82) is 0 Å². The zero-order chi connectivity index (χ0) is 4.50. The van der Waals surface area contributed by atoms with E-state index in [1.54, 1.807) is 0 Å². The van der Waals surface area contributed by atoms with Gasteiger partial charge in [0.1, 0.15) is 0 Å². The van der Waals surface area contributed by atoms with E-state index in [9.17, 15) is 0 Å². The first-order valence-electron chi connectivity index (χ1n) is 0.698. The molecule has 0 heterocycles. The molecular weight excluding hydrogens is 115 g/mol. The molecule has 0 fully saturated rings. The van der Waals surface area contributed by atoms with Gasteiger partial charge in [0.15, 0.2) is 0 Å². The smallest absolute Gasteiger partial charge is 0.263 e. The predicted molar refractivity (Wildman–Crippen MR) is 20.8 cm³/mol. The molecule has 0 aromatic heterocycles. The second-order valence-electron chi connectivity index (χ2n) is 0.448. The molecule has 5 heavy (non-hydrogen) atoms. The molecule has 0 aromatic rings. The van der Waals surface area contributed by atoms with E-state index in [2.05, 4.69) is 11.2 Å². The second-order valence-corrected chi connectivity index (χ2v) is 2.65. The third kappa shape index (κ3) is 268. The molecule has 5 heteroatoms. The molecule has 0 atom stereocenters. The Morgan fingerprint density at radius 1 is 1.60 bits per heavy atom. The summed E-state index contributed by atoms with van der Waals surface area (Å²) in [6.45, 7) is 0. The molecular formula is H2O3S2. The van der Waals surface area contributed by atoms with Crippen molar-refractivity contribution >= 4 is 20.2 Å². The summed E-state index contributed by atoms with van der Waals surface area (Å²) in [5, 5.41) is 0. The third-order valence-electron chi connectivity index (χ3n) is 0. The van der Waals surface area contributed by atoms with Crippen molar-refractivity contribution in [2.24, 2.45) is 0 Å². The first-order chi connectivity index (χ1) is 2.00. The molecule has 3 nitrogen and oxygen atoms in total. The summed E-state index contributed by atoms with van der Waals surface area (Å²) in [5.41, 5.74) is 0. The summed E-state index contributed by atoms with van der Waals surface area (Å²) in [5.74, 6) is 0. The molecule has 0 aliphatic rings. The summed E-state index contributed by atoms with van der Waals surface area (Å²) < 4.78 is 24.0. The number of hydrogen-bond donors (Lipinski definition) is 2. The van der Waals surface area contributed by atoms with Gasteiger partial charge in [0.2, 0.25) is 0 Å². The van der Waals surface area contributed by atoms with Crippen LogP contribution in [-0.2, 0) is 20.2 Å². The summed E-state index contributed by atoms with van der Waals surface area (Å²) in [7, 11) is -3.83. The van der Waals surface area contributed by atoms with Crippen molar-refractivity contribution in [3.8, 4) is 0 Å². The average Bonchev–Trinajstić information content (AvgIpc) is 0.722. The van der Waals surface area contributed by atoms with E-state index in [0.717, 1.165) is 0 Å². The summed E-state index contributed by atoms with van der Waals surface area (Å²) >= 11 is 3.47. The maximum absolute atomic E-state index is 9.11. The van der Waals surface area contributed by atoms with E-state index >= 15 is 0 Å². The van der Waals surface area contributed by atoms with Gasteiger partial charge < -0.3 is 0 Å². The fourth-order valence-corrected chi connectivity index (χ4v) is 0. The van der Waals surface area contributed by atoms with Crippen LogP contribution in [0, 0.1) is 0 Å². The van der Waals surface area contributed by atoms with Crippen molar-refractivity contribution in [3.63, 3.8) is 0 Å². The van der Waals surface area contributed by atoms with Crippen LogP contribution in [0.2, 0.25) is 0 Å². The fourth-order valence-electron chi connectivity index (χ4n) is 0. The lowest BCUT2D eigenvalue weighted by atomic mass is 15.9. The van der Waals surface area contributed by atoms with Crippen molar-refractivity contribution < 1.29 is 13.3 Å². The van der Waals surface area contributed by atoms with E-state index in [-0.39, 0.29) is 0 Å². The Hall–Kier alpha value is 0.290. The minimum absolute atomic E-state index is 3.47. The zero-order valence-electron chi connectivity index (χ0n) is 2.12. The van der Waals surface area contributed by atoms with Crippen LogP contribution in [0.5, 0.6) is 0 Å². The van der Waals surface area contributed by atoms with Gasteiger partial charge in [-0.2, -0.15) is 4.21 Å². The summed E-state index contributed by atoms with van der Waals surface area (Å²) in [6, 6.07) is 0. The van der Waals surface area contributed by atoms with Crippen LogP contribution < -0.4 is 0 Å². The Bertz CT molecular complexity index is 88.1. The van der Waals surface area contributed by atoms with Crippen LogP contribution in [0.15, 0.2) is 0 Å². The largest absolute Gasteiger partial charge is 0.285 e. The van der Waals surface area contributed by atoms with Gasteiger partial charge in [-0.05, 0) is 0 Å². The topological polar surface area (TPSA) is 57.5 Å². The molecule has 0 rings (SSSR count). The van der Waals surface area contributed by atoms with E-state index < -0.39 is 9.05 Å². The first kappa shape index (κ1) is 5.29. The lowest BCUT2D eigenvalue weighted by Gasteiger charge is -1.73. The quantitative estimate of drug-likeness (QED) is 0.456. The molecule has 0 unspecified atom stereocenters. The molecule has 0 aliphatic carbocycles. The van der Waals surface area contributed by atoms with Gasteiger partial charge >= 0.3 is 0 Å². The maximum atomic E-state index is 9.11. The van der Waals surface area contributed by atoms with E-state index in [0.29, 0.717) is 0 Å². The molecule has 0 aromatic carbocycles. The molecule has 32 valence electrons. The molecule has 0 amide bonds. The van der Waals surface area contributed by atoms with Crippen molar-refractivity contribution in [2.75, 3.05) is 0 Å². The Balaban J connectivity index is 4.06. The fraction of sp³-hybridized carbons (Fsp3) is 0. The molecule has 0 saturated heterocycles. The van der Waals surface area contributed by atoms with Crippen LogP contribution in [0.1, 0.15) is 0 Å². The van der Waals surface area contributed by atoms with E-state index in [4.69, 9.17) is 13.3 Å². The predicted octanol–water partition coefficient (Wildman–Crippen LogP) is -0.321. The van der Waals surface area contributed by atoms with Crippen LogP contribution >= 0.6 is 0 Å². The average molecular weight is 117 g/mol. The molecule has 0 radical (unpaired) electrons. The monoisotopic (exact) mass is 117 g/mol. The van der Waals surface area contributed by atoms with Gasteiger partial charge in [0.25, 0.3) is 9.05 Å². The van der Waals surface area contributed by atoms with Gasteiger partial charge in [-0.1, -0.05) is 0 Å². The highest BCUT2D eigenvalue weighted by Gasteiger charge is 1.78. The Morgan fingerprint density at radius 2 is 1.60 bits per heavy atom. The minimum atomic E-state index is -3.83. The SMILES string of the molecule is O=[35S](O)(O)=S. The van der Waals surface area contributed by atoms with Crippen LogP contribution in [0.25, 0.3) is 0 Å². The lowest BCUT2D eigenvalue weighted by molar-refractivity contribution is 0.450. The maximum Gasteiger partial charge on any atom is 0.263 e. The molecule has 0 aliphatic heterocycles. The Morgan fingerprint density at radius 3 is 1.60 bits per heavy atom. The van der Waals surface area contributed by atoms with Gasteiger partial charge in [0, 0.05) is 11.2 Å². The highest BCUT2D eigenvalue weighted by Crippen LogP contribution is 1.62. The van der Waals surface area contributed by atoms with Gasteiger partial charge in [-0.15, -0.1) is 0 Å². The van der Waals surface area contributed by atoms with Crippen LogP contribution in [0.3, 0.4) is 0 Å². The third-order valence-corrected chi connectivity index (χ3v) is 0. The number of hydrogen-bond acceptors (Lipinski definition) is 2.